The van der Waals surface area contributed by atoms with Crippen LogP contribution in [0, 0.1) is 5.92 Å². The highest BCUT2D eigenvalue weighted by molar-refractivity contribution is 9.10. The van der Waals surface area contributed by atoms with Crippen molar-refractivity contribution < 1.29 is 14.7 Å². The highest BCUT2D eigenvalue weighted by Gasteiger charge is 2.20. The van der Waals surface area contributed by atoms with Crippen molar-refractivity contribution in [3.8, 4) is 0 Å². The van der Waals surface area contributed by atoms with Crippen molar-refractivity contribution >= 4 is 39.4 Å². The molecule has 0 aliphatic carbocycles. The van der Waals surface area contributed by atoms with Crippen LogP contribution in [0.5, 0.6) is 0 Å². The molecule has 0 radical (unpaired) electrons. The van der Waals surface area contributed by atoms with E-state index < -0.39 is 17.9 Å². The summed E-state index contributed by atoms with van der Waals surface area (Å²) in [6.07, 6.45) is 0.830. The number of amides is 1. The van der Waals surface area contributed by atoms with Gasteiger partial charge in [-0.3, -0.25) is 9.59 Å². The first kappa shape index (κ1) is 17.0. The van der Waals surface area contributed by atoms with Crippen LogP contribution < -0.4 is 5.32 Å². The van der Waals surface area contributed by atoms with E-state index in [-0.39, 0.29) is 12.3 Å². The molecule has 2 unspecified atom stereocenters. The molecule has 0 aliphatic heterocycles. The highest BCUT2D eigenvalue weighted by Crippen LogP contribution is 2.22. The summed E-state index contributed by atoms with van der Waals surface area (Å²) >= 11 is 9.31. The molecule has 0 heterocycles. The minimum Gasteiger partial charge on any atom is -0.481 e. The monoisotopic (exact) mass is 361 g/mol. The zero-order valence-corrected chi connectivity index (χ0v) is 13.7. The van der Waals surface area contributed by atoms with Crippen molar-refractivity contribution in [2.75, 3.05) is 0 Å². The summed E-state index contributed by atoms with van der Waals surface area (Å²) < 4.78 is 0.904. The largest absolute Gasteiger partial charge is 0.481 e. The van der Waals surface area contributed by atoms with Crippen LogP contribution in [0.3, 0.4) is 0 Å². The molecule has 0 saturated heterocycles. The second-order valence-corrected chi connectivity index (χ2v) is 6.01. The molecule has 0 spiro atoms. The third kappa shape index (κ3) is 5.13. The van der Waals surface area contributed by atoms with Crippen molar-refractivity contribution in [3.05, 3.63) is 33.3 Å². The van der Waals surface area contributed by atoms with E-state index in [1.165, 1.54) is 0 Å². The second kappa shape index (κ2) is 7.64. The Kier molecular flexibility index (Phi) is 6.49. The zero-order valence-electron chi connectivity index (χ0n) is 11.3. The summed E-state index contributed by atoms with van der Waals surface area (Å²) in [6.45, 7) is 3.26. The topological polar surface area (TPSA) is 66.4 Å². The minimum absolute atomic E-state index is 0.169. The van der Waals surface area contributed by atoms with Crippen molar-refractivity contribution in [3.63, 3.8) is 0 Å². The number of nitrogens with one attached hydrogen (secondary N) is 1. The van der Waals surface area contributed by atoms with Crippen molar-refractivity contribution in [2.24, 2.45) is 5.92 Å². The lowest BCUT2D eigenvalue weighted by Gasteiger charge is -2.17. The summed E-state index contributed by atoms with van der Waals surface area (Å²) in [4.78, 5) is 22.6. The van der Waals surface area contributed by atoms with E-state index in [4.69, 9.17) is 16.7 Å². The van der Waals surface area contributed by atoms with Crippen LogP contribution in [0.25, 0.3) is 0 Å². The standard InChI is InChI=1S/C14H17BrClNO3/c1-8(14(19)20)9(2)17-13(18)6-3-10-7-11(16)4-5-12(10)15/h4-5,7-9H,3,6H2,1-2H3,(H,17,18)(H,19,20). The number of aryl methyl sites for hydroxylation is 1. The van der Waals surface area contributed by atoms with E-state index in [2.05, 4.69) is 21.2 Å². The number of benzene rings is 1. The third-order valence-corrected chi connectivity index (χ3v) is 4.17. The third-order valence-electron chi connectivity index (χ3n) is 3.16. The summed E-state index contributed by atoms with van der Waals surface area (Å²) in [6, 6.07) is 5.02. The van der Waals surface area contributed by atoms with Crippen molar-refractivity contribution in [1.82, 2.24) is 5.32 Å². The second-order valence-electron chi connectivity index (χ2n) is 4.72. The van der Waals surface area contributed by atoms with Crippen LogP contribution in [-0.4, -0.2) is 23.0 Å². The normalized spacial score (nSPS) is 13.6. The molecule has 2 N–H and O–H groups in total. The first-order valence-corrected chi connectivity index (χ1v) is 7.44. The fourth-order valence-corrected chi connectivity index (χ4v) is 2.29. The SMILES string of the molecule is CC(NC(=O)CCc1cc(Cl)ccc1Br)C(C)C(=O)O. The number of carboxylic acids is 1. The maximum atomic E-state index is 11.8. The highest BCUT2D eigenvalue weighted by atomic mass is 79.9. The van der Waals surface area contributed by atoms with Crippen LogP contribution in [0.15, 0.2) is 22.7 Å². The van der Waals surface area contributed by atoms with Gasteiger partial charge in [-0.15, -0.1) is 0 Å². The summed E-state index contributed by atoms with van der Waals surface area (Å²) in [7, 11) is 0. The van der Waals surface area contributed by atoms with Gasteiger partial charge in [-0.1, -0.05) is 27.5 Å². The van der Waals surface area contributed by atoms with Gasteiger partial charge in [0.05, 0.1) is 5.92 Å². The van der Waals surface area contributed by atoms with Gasteiger partial charge in [-0.25, -0.2) is 0 Å². The Balaban J connectivity index is 2.51. The molecular formula is C14H17BrClNO3. The number of carbonyl (C=O) groups is 2. The Bertz CT molecular complexity index is 507. The number of halogens is 2. The van der Waals surface area contributed by atoms with E-state index in [0.29, 0.717) is 11.4 Å². The summed E-state index contributed by atoms with van der Waals surface area (Å²) in [5.41, 5.74) is 0.951. The van der Waals surface area contributed by atoms with E-state index >= 15 is 0 Å². The zero-order chi connectivity index (χ0) is 15.3. The summed E-state index contributed by atoms with van der Waals surface area (Å²) in [5, 5.41) is 12.2. The van der Waals surface area contributed by atoms with E-state index in [1.807, 2.05) is 12.1 Å². The predicted molar refractivity (Wildman–Crippen MR) is 81.9 cm³/mol. The van der Waals surface area contributed by atoms with Gasteiger partial charge in [0, 0.05) is 22.0 Å². The van der Waals surface area contributed by atoms with Crippen LogP contribution in [0.4, 0.5) is 0 Å². The van der Waals surface area contributed by atoms with Gasteiger partial charge < -0.3 is 10.4 Å². The lowest BCUT2D eigenvalue weighted by Crippen LogP contribution is -2.40. The molecule has 1 aromatic rings. The number of hydrogen-bond donors (Lipinski definition) is 2. The average Bonchev–Trinajstić information content (AvgIpc) is 2.38. The van der Waals surface area contributed by atoms with E-state index in [0.717, 1.165) is 10.0 Å². The first-order valence-electron chi connectivity index (χ1n) is 6.27. The Morgan fingerprint density at radius 1 is 1.40 bits per heavy atom. The smallest absolute Gasteiger partial charge is 0.308 e. The Labute approximate surface area is 131 Å². The van der Waals surface area contributed by atoms with Crippen molar-refractivity contribution in [2.45, 2.75) is 32.7 Å². The summed E-state index contributed by atoms with van der Waals surface area (Å²) in [5.74, 6) is -1.70. The lowest BCUT2D eigenvalue weighted by molar-refractivity contribution is -0.142. The van der Waals surface area contributed by atoms with Gasteiger partial charge in [0.25, 0.3) is 0 Å². The van der Waals surface area contributed by atoms with Gasteiger partial charge in [-0.2, -0.15) is 0 Å². The molecule has 1 amide bonds. The number of carbonyl (C=O) groups excluding carboxylic acids is 1. The Hall–Kier alpha value is -1.07. The molecule has 0 bridgehead atoms. The molecule has 6 heteroatoms. The first-order chi connectivity index (χ1) is 9.31. The maximum absolute atomic E-state index is 11.8. The fourth-order valence-electron chi connectivity index (χ4n) is 1.65. The molecule has 1 aromatic carbocycles. The average molecular weight is 363 g/mol. The number of carboxylic acid groups (broad SMARTS) is 1. The molecule has 2 atom stereocenters. The molecule has 0 fully saturated rings. The molecule has 0 saturated carbocycles. The Morgan fingerprint density at radius 2 is 2.05 bits per heavy atom. The van der Waals surface area contributed by atoms with Crippen molar-refractivity contribution in [1.29, 1.82) is 0 Å². The van der Waals surface area contributed by atoms with Crippen LogP contribution in [0.1, 0.15) is 25.8 Å². The number of hydrogen-bond acceptors (Lipinski definition) is 2. The predicted octanol–water partition coefficient (Wildman–Crippen LogP) is 3.26. The van der Waals surface area contributed by atoms with Crippen LogP contribution in [0.2, 0.25) is 5.02 Å². The van der Waals surface area contributed by atoms with E-state index in [9.17, 15) is 9.59 Å². The van der Waals surface area contributed by atoms with Gasteiger partial charge >= 0.3 is 5.97 Å². The number of aliphatic carboxylic acids is 1. The van der Waals surface area contributed by atoms with Gasteiger partial charge in [0.1, 0.15) is 0 Å². The molecule has 1 rings (SSSR count). The minimum atomic E-state index is -0.921. The molecule has 4 nitrogen and oxygen atoms in total. The van der Waals surface area contributed by atoms with Crippen LogP contribution >= 0.6 is 27.5 Å². The van der Waals surface area contributed by atoms with Gasteiger partial charge in [0.15, 0.2) is 0 Å². The molecule has 110 valence electrons. The lowest BCUT2D eigenvalue weighted by atomic mass is 10.0. The quantitative estimate of drug-likeness (QED) is 0.816. The number of rotatable bonds is 6. The molecular weight excluding hydrogens is 346 g/mol. The maximum Gasteiger partial charge on any atom is 0.308 e. The molecule has 0 aromatic heterocycles. The fraction of sp³-hybridized carbons (Fsp3) is 0.429. The van der Waals surface area contributed by atoms with Gasteiger partial charge in [-0.05, 0) is 44.0 Å². The molecule has 20 heavy (non-hydrogen) atoms. The van der Waals surface area contributed by atoms with Gasteiger partial charge in [0.2, 0.25) is 5.91 Å². The van der Waals surface area contributed by atoms with E-state index in [1.54, 1.807) is 19.9 Å². The Morgan fingerprint density at radius 3 is 2.65 bits per heavy atom. The molecule has 0 aliphatic rings. The van der Waals surface area contributed by atoms with Crippen LogP contribution in [-0.2, 0) is 16.0 Å².